The summed E-state index contributed by atoms with van der Waals surface area (Å²) in [6.45, 7) is -0.0848. The van der Waals surface area contributed by atoms with Gasteiger partial charge in [0, 0.05) is 12.1 Å². The molecule has 0 bridgehead atoms. The van der Waals surface area contributed by atoms with Crippen molar-refractivity contribution in [2.24, 2.45) is 0 Å². The van der Waals surface area contributed by atoms with Crippen LogP contribution in [0.2, 0.25) is 0 Å². The summed E-state index contributed by atoms with van der Waals surface area (Å²) in [6, 6.07) is 5.30. The van der Waals surface area contributed by atoms with E-state index in [9.17, 15) is 17.6 Å². The lowest BCUT2D eigenvalue weighted by molar-refractivity contribution is -0.191. The number of rotatable bonds is 2. The molecule has 3 rings (SSSR count). The molecule has 1 aromatic carbocycles. The molecule has 1 fully saturated rings. The molecule has 1 saturated heterocycles. The minimum atomic E-state index is -4.50. The number of nitrogens with zero attached hydrogens (tertiary/aromatic N) is 2. The zero-order valence-electron chi connectivity index (χ0n) is 11.2. The van der Waals surface area contributed by atoms with Crippen molar-refractivity contribution in [3.05, 3.63) is 36.0 Å². The van der Waals surface area contributed by atoms with Gasteiger partial charge in [0.2, 0.25) is 11.7 Å². The third kappa shape index (κ3) is 2.68. The summed E-state index contributed by atoms with van der Waals surface area (Å²) in [6.07, 6.45) is -4.66. The molecule has 1 unspecified atom stereocenters. The van der Waals surface area contributed by atoms with Gasteiger partial charge in [0.25, 0.3) is 0 Å². The number of nitrogens with one attached hydrogen (secondary N) is 1. The predicted molar refractivity (Wildman–Crippen MR) is 72.2 cm³/mol. The molecule has 1 aliphatic rings. The highest BCUT2D eigenvalue weighted by Crippen LogP contribution is 2.45. The fourth-order valence-electron chi connectivity index (χ4n) is 2.40. The molecule has 0 spiro atoms. The summed E-state index contributed by atoms with van der Waals surface area (Å²) in [7, 11) is 0. The van der Waals surface area contributed by atoms with Crippen LogP contribution in [0.1, 0.15) is 12.3 Å². The normalized spacial score (nSPS) is 21.6. The first-order valence-electron chi connectivity index (χ1n) is 6.30. The number of benzene rings is 1. The van der Waals surface area contributed by atoms with Crippen LogP contribution < -0.4 is 5.32 Å². The molecule has 2 aromatic rings. The second kappa shape index (κ2) is 5.85. The minimum absolute atomic E-state index is 0. The molecule has 0 amide bonds. The standard InChI is InChI=1S/C13H11F4N3O.ClH/c14-9-3-1-2-8(6-9)10-19-11(21-20-10)12(13(15,16)17)4-5-18-7-12;/h1-3,6,18H,4-5,7H2;1H. The van der Waals surface area contributed by atoms with Gasteiger partial charge in [-0.15, -0.1) is 12.4 Å². The Hall–Kier alpha value is -1.67. The number of hydrogen-bond acceptors (Lipinski definition) is 4. The summed E-state index contributed by atoms with van der Waals surface area (Å²) in [5.41, 5.74) is -1.90. The molecule has 2 heterocycles. The van der Waals surface area contributed by atoms with Crippen molar-refractivity contribution < 1.29 is 22.1 Å². The first-order valence-corrected chi connectivity index (χ1v) is 6.30. The molecule has 1 aliphatic heterocycles. The van der Waals surface area contributed by atoms with E-state index in [1.165, 1.54) is 18.2 Å². The van der Waals surface area contributed by atoms with E-state index in [1.54, 1.807) is 0 Å². The van der Waals surface area contributed by atoms with Crippen LogP contribution in [0.25, 0.3) is 11.4 Å². The summed E-state index contributed by atoms with van der Waals surface area (Å²) < 4.78 is 58.0. The largest absolute Gasteiger partial charge is 0.404 e. The Morgan fingerprint density at radius 2 is 2.05 bits per heavy atom. The number of alkyl halides is 3. The second-order valence-electron chi connectivity index (χ2n) is 4.94. The number of hydrogen-bond donors (Lipinski definition) is 1. The van der Waals surface area contributed by atoms with Crippen molar-refractivity contribution in [1.29, 1.82) is 0 Å². The zero-order chi connectivity index (χ0) is 15.1. The van der Waals surface area contributed by atoms with Crippen molar-refractivity contribution in [1.82, 2.24) is 15.5 Å². The minimum Gasteiger partial charge on any atom is -0.338 e. The van der Waals surface area contributed by atoms with Crippen LogP contribution in [0, 0.1) is 5.82 Å². The van der Waals surface area contributed by atoms with Crippen molar-refractivity contribution in [3.8, 4) is 11.4 Å². The Morgan fingerprint density at radius 3 is 2.64 bits per heavy atom. The molecule has 1 N–H and O–H groups in total. The van der Waals surface area contributed by atoms with Crippen LogP contribution >= 0.6 is 12.4 Å². The SMILES string of the molecule is Cl.Fc1cccc(-c2noc(C3(C(F)(F)F)CCNC3)n2)c1. The lowest BCUT2D eigenvalue weighted by Gasteiger charge is -2.26. The third-order valence-corrected chi connectivity index (χ3v) is 3.62. The van der Waals surface area contributed by atoms with Crippen molar-refractivity contribution >= 4 is 12.4 Å². The first-order chi connectivity index (χ1) is 9.92. The Kier molecular flexibility index (Phi) is 4.44. The van der Waals surface area contributed by atoms with Crippen LogP contribution in [-0.2, 0) is 5.41 Å². The van der Waals surface area contributed by atoms with E-state index in [1.807, 2.05) is 0 Å². The highest BCUT2D eigenvalue weighted by Gasteiger charge is 2.61. The maximum Gasteiger partial charge on any atom is 0.404 e. The summed E-state index contributed by atoms with van der Waals surface area (Å²) in [4.78, 5) is 3.84. The van der Waals surface area contributed by atoms with Gasteiger partial charge < -0.3 is 9.84 Å². The van der Waals surface area contributed by atoms with Crippen LogP contribution in [0.3, 0.4) is 0 Å². The topological polar surface area (TPSA) is 51.0 Å². The van der Waals surface area contributed by atoms with E-state index < -0.39 is 23.3 Å². The number of aromatic nitrogens is 2. The van der Waals surface area contributed by atoms with Crippen LogP contribution in [0.5, 0.6) is 0 Å². The summed E-state index contributed by atoms with van der Waals surface area (Å²) >= 11 is 0. The van der Waals surface area contributed by atoms with E-state index in [4.69, 9.17) is 4.52 Å². The molecule has 1 atom stereocenters. The third-order valence-electron chi connectivity index (χ3n) is 3.62. The van der Waals surface area contributed by atoms with Gasteiger partial charge in [0.1, 0.15) is 5.82 Å². The van der Waals surface area contributed by atoms with Gasteiger partial charge in [-0.3, -0.25) is 0 Å². The molecule has 0 saturated carbocycles. The molecule has 4 nitrogen and oxygen atoms in total. The fourth-order valence-corrected chi connectivity index (χ4v) is 2.40. The Labute approximate surface area is 129 Å². The first kappa shape index (κ1) is 16.7. The van der Waals surface area contributed by atoms with Gasteiger partial charge in [-0.25, -0.2) is 4.39 Å². The monoisotopic (exact) mass is 337 g/mol. The maximum absolute atomic E-state index is 13.3. The highest BCUT2D eigenvalue weighted by molar-refractivity contribution is 5.85. The Bertz CT molecular complexity index is 653. The fraction of sp³-hybridized carbons (Fsp3) is 0.385. The second-order valence-corrected chi connectivity index (χ2v) is 4.94. The smallest absolute Gasteiger partial charge is 0.338 e. The van der Waals surface area contributed by atoms with E-state index in [0.29, 0.717) is 0 Å². The summed E-state index contributed by atoms with van der Waals surface area (Å²) in [5.74, 6) is -1.06. The van der Waals surface area contributed by atoms with Crippen LogP contribution in [0.4, 0.5) is 17.6 Å². The summed E-state index contributed by atoms with van der Waals surface area (Å²) in [5, 5.41) is 6.22. The Balaban J connectivity index is 0.00000176. The van der Waals surface area contributed by atoms with E-state index in [-0.39, 0.29) is 43.3 Å². The average Bonchev–Trinajstić information content (AvgIpc) is 3.08. The van der Waals surface area contributed by atoms with Gasteiger partial charge in [0.05, 0.1) is 0 Å². The Morgan fingerprint density at radius 1 is 1.27 bits per heavy atom. The van der Waals surface area contributed by atoms with E-state index >= 15 is 0 Å². The zero-order valence-corrected chi connectivity index (χ0v) is 12.0. The molecule has 1 aromatic heterocycles. The van der Waals surface area contributed by atoms with E-state index in [0.717, 1.165) is 6.07 Å². The van der Waals surface area contributed by atoms with Crippen molar-refractivity contribution in [2.45, 2.75) is 18.0 Å². The molecule has 120 valence electrons. The van der Waals surface area contributed by atoms with Gasteiger partial charge in [-0.1, -0.05) is 17.3 Å². The maximum atomic E-state index is 13.3. The lowest BCUT2D eigenvalue weighted by atomic mass is 9.86. The molecule has 9 heteroatoms. The highest BCUT2D eigenvalue weighted by atomic mass is 35.5. The van der Waals surface area contributed by atoms with Gasteiger partial charge in [0.15, 0.2) is 5.41 Å². The van der Waals surface area contributed by atoms with Gasteiger partial charge in [-0.2, -0.15) is 18.2 Å². The van der Waals surface area contributed by atoms with Crippen molar-refractivity contribution in [3.63, 3.8) is 0 Å². The van der Waals surface area contributed by atoms with Gasteiger partial charge in [-0.05, 0) is 25.1 Å². The molecule has 0 aliphatic carbocycles. The quantitative estimate of drug-likeness (QED) is 0.856. The van der Waals surface area contributed by atoms with Crippen LogP contribution in [0.15, 0.2) is 28.8 Å². The molecule has 0 radical (unpaired) electrons. The molecule has 22 heavy (non-hydrogen) atoms. The lowest BCUT2D eigenvalue weighted by Crippen LogP contribution is -2.44. The van der Waals surface area contributed by atoms with Crippen LogP contribution in [-0.4, -0.2) is 29.4 Å². The molecular formula is C13H12ClF4N3O. The average molecular weight is 338 g/mol. The predicted octanol–water partition coefficient (Wildman–Crippen LogP) is 3.09. The van der Waals surface area contributed by atoms with Gasteiger partial charge >= 0.3 is 6.18 Å². The van der Waals surface area contributed by atoms with E-state index in [2.05, 4.69) is 15.5 Å². The molecular weight excluding hydrogens is 326 g/mol. The number of halogens is 5. The van der Waals surface area contributed by atoms with Crippen molar-refractivity contribution in [2.75, 3.05) is 13.1 Å².